The lowest BCUT2D eigenvalue weighted by atomic mass is 9.95. The summed E-state index contributed by atoms with van der Waals surface area (Å²) in [4.78, 5) is 18.4. The lowest BCUT2D eigenvalue weighted by Crippen LogP contribution is -2.29. The average Bonchev–Trinajstić information content (AvgIpc) is 2.87. The van der Waals surface area contributed by atoms with Gasteiger partial charge in [0, 0.05) is 31.9 Å². The molecule has 18 heavy (non-hydrogen) atoms. The Bertz CT molecular complexity index is 431. The maximum atomic E-state index is 12.4. The van der Waals surface area contributed by atoms with Crippen molar-refractivity contribution in [3.8, 4) is 0 Å². The first-order valence-electron chi connectivity index (χ1n) is 6.55. The molecule has 2 rings (SSSR count). The Hall–Kier alpha value is -1.58. The van der Waals surface area contributed by atoms with Crippen molar-refractivity contribution in [1.29, 1.82) is 0 Å². The third-order valence-corrected chi connectivity index (χ3v) is 3.72. The van der Waals surface area contributed by atoms with Crippen LogP contribution >= 0.6 is 0 Å². The van der Waals surface area contributed by atoms with Gasteiger partial charge in [-0.15, -0.1) is 0 Å². The summed E-state index contributed by atoms with van der Waals surface area (Å²) in [6, 6.07) is 3.59. The Kier molecular flexibility index (Phi) is 3.84. The van der Waals surface area contributed by atoms with Crippen LogP contribution in [0, 0.1) is 11.8 Å². The number of nitrogens with one attached hydrogen (secondary N) is 1. The van der Waals surface area contributed by atoms with E-state index in [1.54, 1.807) is 19.3 Å². The summed E-state index contributed by atoms with van der Waals surface area (Å²) in [6.45, 7) is 6.21. The van der Waals surface area contributed by atoms with Crippen LogP contribution in [-0.2, 0) is 0 Å². The molecule has 0 radical (unpaired) electrons. The molecule has 1 amide bonds. The van der Waals surface area contributed by atoms with Crippen LogP contribution in [-0.4, -0.2) is 35.9 Å². The smallest absolute Gasteiger partial charge is 0.254 e. The van der Waals surface area contributed by atoms with E-state index in [0.717, 1.165) is 30.9 Å². The third kappa shape index (κ3) is 2.63. The lowest BCUT2D eigenvalue weighted by Gasteiger charge is -2.18. The van der Waals surface area contributed by atoms with Crippen molar-refractivity contribution in [2.75, 3.05) is 25.5 Å². The van der Waals surface area contributed by atoms with Gasteiger partial charge in [0.05, 0.1) is 0 Å². The molecule has 0 aliphatic carbocycles. The highest BCUT2D eigenvalue weighted by molar-refractivity contribution is 5.95. The molecule has 0 spiro atoms. The number of hydrogen-bond donors (Lipinski definition) is 1. The molecule has 0 aromatic carbocycles. The quantitative estimate of drug-likeness (QED) is 0.891. The molecule has 4 nitrogen and oxygen atoms in total. The zero-order chi connectivity index (χ0) is 13.1. The number of likely N-dealkylation sites (tertiary alicyclic amines) is 1. The number of amides is 1. The number of carbonyl (C=O) groups is 1. The van der Waals surface area contributed by atoms with Crippen molar-refractivity contribution in [2.24, 2.45) is 11.8 Å². The van der Waals surface area contributed by atoms with Crippen molar-refractivity contribution in [3.63, 3.8) is 0 Å². The SMILES string of the molecule is CNc1cc(C(=O)N2CCC(C(C)C)C2)ccn1. The summed E-state index contributed by atoms with van der Waals surface area (Å²) in [6.07, 6.45) is 2.79. The zero-order valence-electron chi connectivity index (χ0n) is 11.3. The van der Waals surface area contributed by atoms with Crippen molar-refractivity contribution in [1.82, 2.24) is 9.88 Å². The second kappa shape index (κ2) is 5.38. The molecule has 1 aromatic heterocycles. The highest BCUT2D eigenvalue weighted by Crippen LogP contribution is 2.25. The minimum absolute atomic E-state index is 0.122. The van der Waals surface area contributed by atoms with Gasteiger partial charge in [-0.1, -0.05) is 13.8 Å². The van der Waals surface area contributed by atoms with Crippen molar-refractivity contribution < 1.29 is 4.79 Å². The molecule has 4 heteroatoms. The Morgan fingerprint density at radius 3 is 2.94 bits per heavy atom. The first-order chi connectivity index (χ1) is 8.61. The fourth-order valence-electron chi connectivity index (χ4n) is 2.40. The van der Waals surface area contributed by atoms with Crippen LogP contribution < -0.4 is 5.32 Å². The summed E-state index contributed by atoms with van der Waals surface area (Å²) in [7, 11) is 1.81. The highest BCUT2D eigenvalue weighted by Gasteiger charge is 2.28. The number of anilines is 1. The van der Waals surface area contributed by atoms with Gasteiger partial charge in [-0.25, -0.2) is 4.98 Å². The van der Waals surface area contributed by atoms with Crippen molar-refractivity contribution >= 4 is 11.7 Å². The van der Waals surface area contributed by atoms with E-state index in [9.17, 15) is 4.79 Å². The maximum absolute atomic E-state index is 12.4. The fourth-order valence-corrected chi connectivity index (χ4v) is 2.40. The van der Waals surface area contributed by atoms with E-state index in [1.165, 1.54) is 0 Å². The summed E-state index contributed by atoms with van der Waals surface area (Å²) in [5.74, 6) is 2.14. The van der Waals surface area contributed by atoms with Gasteiger partial charge in [-0.05, 0) is 30.4 Å². The van der Waals surface area contributed by atoms with Gasteiger partial charge in [-0.2, -0.15) is 0 Å². The molecule has 2 heterocycles. The molecular formula is C14H21N3O. The zero-order valence-corrected chi connectivity index (χ0v) is 11.3. The highest BCUT2D eigenvalue weighted by atomic mass is 16.2. The average molecular weight is 247 g/mol. The van der Waals surface area contributed by atoms with Gasteiger partial charge in [0.15, 0.2) is 0 Å². The number of hydrogen-bond acceptors (Lipinski definition) is 3. The fraction of sp³-hybridized carbons (Fsp3) is 0.571. The summed E-state index contributed by atoms with van der Waals surface area (Å²) in [5.41, 5.74) is 0.721. The van der Waals surface area contributed by atoms with Crippen LogP contribution in [0.5, 0.6) is 0 Å². The molecule has 0 bridgehead atoms. The Morgan fingerprint density at radius 2 is 2.33 bits per heavy atom. The van der Waals surface area contributed by atoms with Crippen molar-refractivity contribution in [3.05, 3.63) is 23.9 Å². The summed E-state index contributed by atoms with van der Waals surface area (Å²) >= 11 is 0. The first kappa shape index (κ1) is 12.9. The van der Waals surface area contributed by atoms with Crippen LogP contribution in [0.1, 0.15) is 30.6 Å². The van der Waals surface area contributed by atoms with Gasteiger partial charge >= 0.3 is 0 Å². The van der Waals surface area contributed by atoms with E-state index < -0.39 is 0 Å². The number of rotatable bonds is 3. The Labute approximate surface area is 108 Å². The lowest BCUT2D eigenvalue weighted by molar-refractivity contribution is 0.0784. The number of pyridine rings is 1. The minimum atomic E-state index is 0.122. The molecule has 0 saturated carbocycles. The van der Waals surface area contributed by atoms with E-state index in [-0.39, 0.29) is 5.91 Å². The molecule has 1 aliphatic heterocycles. The van der Waals surface area contributed by atoms with Gasteiger partial charge in [0.25, 0.3) is 5.91 Å². The summed E-state index contributed by atoms with van der Waals surface area (Å²) < 4.78 is 0. The van der Waals surface area contributed by atoms with E-state index in [1.807, 2.05) is 11.0 Å². The van der Waals surface area contributed by atoms with Crippen molar-refractivity contribution in [2.45, 2.75) is 20.3 Å². The maximum Gasteiger partial charge on any atom is 0.254 e. The van der Waals surface area contributed by atoms with Crippen LogP contribution in [0.3, 0.4) is 0 Å². The second-order valence-corrected chi connectivity index (χ2v) is 5.22. The van der Waals surface area contributed by atoms with Gasteiger partial charge < -0.3 is 10.2 Å². The van der Waals surface area contributed by atoms with Gasteiger partial charge in [0.1, 0.15) is 5.82 Å². The van der Waals surface area contributed by atoms with Crippen LogP contribution in [0.2, 0.25) is 0 Å². The molecule has 1 aromatic rings. The monoisotopic (exact) mass is 247 g/mol. The van der Waals surface area contributed by atoms with E-state index >= 15 is 0 Å². The molecule has 98 valence electrons. The number of nitrogens with zero attached hydrogens (tertiary/aromatic N) is 2. The molecule has 1 N–H and O–H groups in total. The van der Waals surface area contributed by atoms with E-state index in [2.05, 4.69) is 24.1 Å². The van der Waals surface area contributed by atoms with Gasteiger partial charge in [-0.3, -0.25) is 4.79 Å². The predicted molar refractivity (Wildman–Crippen MR) is 72.6 cm³/mol. The normalized spacial score (nSPS) is 19.3. The van der Waals surface area contributed by atoms with Crippen LogP contribution in [0.15, 0.2) is 18.3 Å². The summed E-state index contributed by atoms with van der Waals surface area (Å²) in [5, 5.41) is 2.96. The van der Waals surface area contributed by atoms with E-state index in [0.29, 0.717) is 11.8 Å². The molecule has 1 aliphatic rings. The minimum Gasteiger partial charge on any atom is -0.373 e. The van der Waals surface area contributed by atoms with Gasteiger partial charge in [0.2, 0.25) is 0 Å². The van der Waals surface area contributed by atoms with Crippen LogP contribution in [0.25, 0.3) is 0 Å². The molecular weight excluding hydrogens is 226 g/mol. The molecule has 1 atom stereocenters. The number of aromatic nitrogens is 1. The van der Waals surface area contributed by atoms with E-state index in [4.69, 9.17) is 0 Å². The standard InChI is InChI=1S/C14H21N3O/c1-10(2)12-5-7-17(9-12)14(18)11-4-6-16-13(8-11)15-3/h4,6,8,10,12H,5,7,9H2,1-3H3,(H,15,16). The first-order valence-corrected chi connectivity index (χ1v) is 6.55. The Morgan fingerprint density at radius 1 is 1.56 bits per heavy atom. The molecule has 1 unspecified atom stereocenters. The largest absolute Gasteiger partial charge is 0.373 e. The molecule has 1 saturated heterocycles. The topological polar surface area (TPSA) is 45.2 Å². The predicted octanol–water partition coefficient (Wildman–Crippen LogP) is 2.24. The second-order valence-electron chi connectivity index (χ2n) is 5.22. The third-order valence-electron chi connectivity index (χ3n) is 3.72. The van der Waals surface area contributed by atoms with Crippen LogP contribution in [0.4, 0.5) is 5.82 Å². The Balaban J connectivity index is 2.08. The number of carbonyl (C=O) groups excluding carboxylic acids is 1. The molecule has 1 fully saturated rings.